The van der Waals surface area contributed by atoms with Crippen LogP contribution in [-0.4, -0.2) is 49.3 Å². The highest BCUT2D eigenvalue weighted by Crippen LogP contribution is 2.36. The van der Waals surface area contributed by atoms with Gasteiger partial charge in [-0.15, -0.1) is 0 Å². The highest BCUT2D eigenvalue weighted by Gasteiger charge is 2.40. The summed E-state index contributed by atoms with van der Waals surface area (Å²) in [7, 11) is 0. The van der Waals surface area contributed by atoms with Crippen molar-refractivity contribution in [3.05, 3.63) is 0 Å². The summed E-state index contributed by atoms with van der Waals surface area (Å²) in [5.41, 5.74) is 0. The van der Waals surface area contributed by atoms with E-state index < -0.39 is 0 Å². The molecular formula is C16H30N2O. The van der Waals surface area contributed by atoms with Gasteiger partial charge in [0.05, 0.1) is 6.61 Å². The number of nitrogens with zero attached hydrogens (tertiary/aromatic N) is 1. The minimum atomic E-state index is 0.618. The molecule has 3 atom stereocenters. The molecule has 0 aromatic carbocycles. The number of piperidine rings is 1. The first-order chi connectivity index (χ1) is 9.24. The van der Waals surface area contributed by atoms with E-state index in [1.54, 1.807) is 0 Å². The van der Waals surface area contributed by atoms with Crippen LogP contribution in [0.3, 0.4) is 0 Å². The lowest BCUT2D eigenvalue weighted by Crippen LogP contribution is -2.60. The van der Waals surface area contributed by atoms with Gasteiger partial charge >= 0.3 is 0 Å². The van der Waals surface area contributed by atoms with Gasteiger partial charge in [0.15, 0.2) is 0 Å². The molecule has 0 radical (unpaired) electrons. The van der Waals surface area contributed by atoms with E-state index in [0.717, 1.165) is 31.1 Å². The van der Waals surface area contributed by atoms with Crippen molar-refractivity contribution in [3.8, 4) is 0 Å². The van der Waals surface area contributed by atoms with Crippen LogP contribution in [0.4, 0.5) is 0 Å². The lowest BCUT2D eigenvalue weighted by Gasteiger charge is -2.50. The molecule has 3 unspecified atom stereocenters. The van der Waals surface area contributed by atoms with Crippen molar-refractivity contribution in [2.45, 2.75) is 64.1 Å². The van der Waals surface area contributed by atoms with E-state index in [4.69, 9.17) is 4.74 Å². The molecule has 2 saturated heterocycles. The minimum Gasteiger partial charge on any atom is -0.380 e. The third-order valence-corrected chi connectivity index (χ3v) is 5.42. The molecule has 1 saturated carbocycles. The van der Waals surface area contributed by atoms with Gasteiger partial charge in [0.2, 0.25) is 0 Å². The molecule has 110 valence electrons. The summed E-state index contributed by atoms with van der Waals surface area (Å²) in [5.74, 6) is 1.74. The Morgan fingerprint density at radius 2 is 1.79 bits per heavy atom. The van der Waals surface area contributed by atoms with E-state index in [1.165, 1.54) is 45.2 Å². The fraction of sp³-hybridized carbons (Fsp3) is 1.00. The summed E-state index contributed by atoms with van der Waals surface area (Å²) in [4.78, 5) is 2.70. The molecule has 3 aliphatic rings. The number of hydrogen-bond donors (Lipinski definition) is 1. The van der Waals surface area contributed by atoms with E-state index >= 15 is 0 Å². The lowest BCUT2D eigenvalue weighted by molar-refractivity contribution is 0.00613. The Morgan fingerprint density at radius 1 is 1.05 bits per heavy atom. The quantitative estimate of drug-likeness (QED) is 0.848. The second-order valence-corrected chi connectivity index (χ2v) is 7.11. The maximum atomic E-state index is 5.63. The van der Waals surface area contributed by atoms with Crippen molar-refractivity contribution in [2.75, 3.05) is 26.3 Å². The van der Waals surface area contributed by atoms with Crippen molar-refractivity contribution in [3.63, 3.8) is 0 Å². The van der Waals surface area contributed by atoms with Gasteiger partial charge in [0.25, 0.3) is 0 Å². The maximum absolute atomic E-state index is 5.63. The number of nitrogens with one attached hydrogen (secondary N) is 1. The Hall–Kier alpha value is -0.120. The molecule has 2 aliphatic heterocycles. The van der Waals surface area contributed by atoms with Crippen molar-refractivity contribution < 1.29 is 4.74 Å². The summed E-state index contributed by atoms with van der Waals surface area (Å²) in [5, 5.41) is 3.97. The average Bonchev–Trinajstić information content (AvgIpc) is 2.39. The van der Waals surface area contributed by atoms with Crippen LogP contribution in [0.15, 0.2) is 0 Å². The largest absolute Gasteiger partial charge is 0.380 e. The fourth-order valence-electron chi connectivity index (χ4n) is 4.31. The van der Waals surface area contributed by atoms with E-state index in [-0.39, 0.29) is 0 Å². The Labute approximate surface area is 118 Å². The second kappa shape index (κ2) is 6.11. The molecule has 3 nitrogen and oxygen atoms in total. The van der Waals surface area contributed by atoms with Crippen molar-refractivity contribution >= 4 is 0 Å². The fourth-order valence-corrected chi connectivity index (χ4v) is 4.31. The summed E-state index contributed by atoms with van der Waals surface area (Å²) >= 11 is 0. The van der Waals surface area contributed by atoms with Crippen molar-refractivity contribution in [1.29, 1.82) is 0 Å². The molecular weight excluding hydrogens is 236 g/mol. The van der Waals surface area contributed by atoms with E-state index in [1.807, 2.05) is 0 Å². The number of hydrogen-bond acceptors (Lipinski definition) is 3. The normalized spacial score (nSPS) is 40.6. The SMILES string of the molecule is CC(C)N1CC2CCCC(C1)C2NC1CCCOC1. The molecule has 3 heteroatoms. The van der Waals surface area contributed by atoms with Crippen LogP contribution in [0, 0.1) is 11.8 Å². The van der Waals surface area contributed by atoms with E-state index in [9.17, 15) is 0 Å². The second-order valence-electron chi connectivity index (χ2n) is 7.11. The van der Waals surface area contributed by atoms with Crippen LogP contribution < -0.4 is 5.32 Å². The zero-order valence-electron chi connectivity index (χ0n) is 12.6. The number of ether oxygens (including phenoxy) is 1. The summed E-state index contributed by atoms with van der Waals surface area (Å²) in [6.07, 6.45) is 6.83. The van der Waals surface area contributed by atoms with Crippen molar-refractivity contribution in [2.24, 2.45) is 11.8 Å². The summed E-state index contributed by atoms with van der Waals surface area (Å²) in [6, 6.07) is 2.09. The van der Waals surface area contributed by atoms with Crippen LogP contribution >= 0.6 is 0 Å². The first-order valence-corrected chi connectivity index (χ1v) is 8.32. The third kappa shape index (κ3) is 3.14. The first kappa shape index (κ1) is 13.8. The predicted molar refractivity (Wildman–Crippen MR) is 78.3 cm³/mol. The van der Waals surface area contributed by atoms with Gasteiger partial charge in [0, 0.05) is 37.8 Å². The zero-order valence-corrected chi connectivity index (χ0v) is 12.6. The van der Waals surface area contributed by atoms with E-state index in [0.29, 0.717) is 12.1 Å². The first-order valence-electron chi connectivity index (χ1n) is 8.32. The molecule has 2 bridgehead atoms. The Morgan fingerprint density at radius 3 is 2.37 bits per heavy atom. The maximum Gasteiger partial charge on any atom is 0.0619 e. The molecule has 0 aromatic rings. The Kier molecular flexibility index (Phi) is 4.45. The molecule has 3 fully saturated rings. The van der Waals surface area contributed by atoms with Gasteiger partial charge in [0.1, 0.15) is 0 Å². The summed E-state index contributed by atoms with van der Waals surface area (Å²) in [6.45, 7) is 9.20. The molecule has 0 aromatic heterocycles. The van der Waals surface area contributed by atoms with Gasteiger partial charge in [-0.2, -0.15) is 0 Å². The zero-order chi connectivity index (χ0) is 13.2. The highest BCUT2D eigenvalue weighted by atomic mass is 16.5. The predicted octanol–water partition coefficient (Wildman–Crippen LogP) is 2.26. The Balaban J connectivity index is 1.61. The molecule has 0 spiro atoms. The van der Waals surface area contributed by atoms with Crippen LogP contribution in [0.2, 0.25) is 0 Å². The molecule has 19 heavy (non-hydrogen) atoms. The van der Waals surface area contributed by atoms with Crippen LogP contribution in [-0.2, 0) is 4.74 Å². The standard InChI is InChI=1S/C16H30N2O/c1-12(2)18-9-13-5-3-6-14(10-18)16(13)17-15-7-4-8-19-11-15/h12-17H,3-11H2,1-2H3. The number of fused-ring (bicyclic) bond motifs is 2. The number of likely N-dealkylation sites (tertiary alicyclic amines) is 1. The topological polar surface area (TPSA) is 24.5 Å². The highest BCUT2D eigenvalue weighted by molar-refractivity contribution is 4.96. The van der Waals surface area contributed by atoms with E-state index in [2.05, 4.69) is 24.1 Å². The monoisotopic (exact) mass is 266 g/mol. The molecule has 0 amide bonds. The smallest absolute Gasteiger partial charge is 0.0619 e. The van der Waals surface area contributed by atoms with Gasteiger partial charge in [-0.25, -0.2) is 0 Å². The van der Waals surface area contributed by atoms with Gasteiger partial charge in [-0.1, -0.05) is 6.42 Å². The summed E-state index contributed by atoms with van der Waals surface area (Å²) < 4.78 is 5.63. The molecule has 2 heterocycles. The van der Waals surface area contributed by atoms with Gasteiger partial charge < -0.3 is 15.0 Å². The van der Waals surface area contributed by atoms with Crippen LogP contribution in [0.25, 0.3) is 0 Å². The lowest BCUT2D eigenvalue weighted by atomic mass is 9.73. The van der Waals surface area contributed by atoms with Gasteiger partial charge in [-0.05, 0) is 51.4 Å². The third-order valence-electron chi connectivity index (χ3n) is 5.42. The molecule has 3 rings (SSSR count). The minimum absolute atomic E-state index is 0.618. The van der Waals surface area contributed by atoms with Crippen LogP contribution in [0.5, 0.6) is 0 Å². The van der Waals surface area contributed by atoms with Gasteiger partial charge in [-0.3, -0.25) is 0 Å². The molecule has 1 aliphatic carbocycles. The number of rotatable bonds is 3. The average molecular weight is 266 g/mol. The molecule has 1 N–H and O–H groups in total. The Bertz CT molecular complexity index is 274. The van der Waals surface area contributed by atoms with Crippen LogP contribution in [0.1, 0.15) is 46.0 Å². The van der Waals surface area contributed by atoms with Crippen molar-refractivity contribution in [1.82, 2.24) is 10.2 Å².